The summed E-state index contributed by atoms with van der Waals surface area (Å²) < 4.78 is 2.21. The van der Waals surface area contributed by atoms with Crippen LogP contribution in [-0.2, 0) is 0 Å². The molecular weight excluding hydrogens is 386 g/mol. The van der Waals surface area contributed by atoms with Crippen molar-refractivity contribution in [1.29, 1.82) is 0 Å². The SMILES string of the molecule is CCNC(c1cc(Br)cc(Br)c1)c1sc(C)cc1C. The van der Waals surface area contributed by atoms with Crippen LogP contribution in [0.15, 0.2) is 33.2 Å². The van der Waals surface area contributed by atoms with Gasteiger partial charge in [-0.2, -0.15) is 0 Å². The zero-order chi connectivity index (χ0) is 14.0. The van der Waals surface area contributed by atoms with Crippen molar-refractivity contribution in [3.05, 3.63) is 54.1 Å². The molecule has 1 N–H and O–H groups in total. The third-order valence-corrected chi connectivity index (χ3v) is 5.10. The molecule has 2 rings (SSSR count). The van der Waals surface area contributed by atoms with E-state index in [9.17, 15) is 0 Å². The first-order valence-corrected chi connectivity index (χ1v) is 8.67. The fourth-order valence-electron chi connectivity index (χ4n) is 2.25. The van der Waals surface area contributed by atoms with Gasteiger partial charge in [0, 0.05) is 18.7 Å². The van der Waals surface area contributed by atoms with Crippen molar-refractivity contribution < 1.29 is 0 Å². The number of thiophene rings is 1. The predicted octanol–water partition coefficient (Wildman–Crippen LogP) is 5.59. The summed E-state index contributed by atoms with van der Waals surface area (Å²) in [6.45, 7) is 7.46. The van der Waals surface area contributed by atoms with Crippen LogP contribution < -0.4 is 5.32 Å². The number of rotatable bonds is 4. The highest BCUT2D eigenvalue weighted by Crippen LogP contribution is 2.34. The molecule has 0 bridgehead atoms. The number of benzene rings is 1. The summed E-state index contributed by atoms with van der Waals surface area (Å²) in [5.74, 6) is 0. The van der Waals surface area contributed by atoms with Crippen molar-refractivity contribution in [3.8, 4) is 0 Å². The average Bonchev–Trinajstić information content (AvgIpc) is 2.64. The van der Waals surface area contributed by atoms with Gasteiger partial charge in [0.05, 0.1) is 6.04 Å². The zero-order valence-corrected chi connectivity index (χ0v) is 15.2. The molecular formula is C15H17Br2NS. The Hall–Kier alpha value is -0.160. The van der Waals surface area contributed by atoms with E-state index in [1.165, 1.54) is 20.9 Å². The van der Waals surface area contributed by atoms with Crippen molar-refractivity contribution in [2.75, 3.05) is 6.54 Å². The van der Waals surface area contributed by atoms with Gasteiger partial charge in [0.15, 0.2) is 0 Å². The minimum absolute atomic E-state index is 0.262. The molecule has 1 aromatic heterocycles. The Morgan fingerprint density at radius 2 is 1.74 bits per heavy atom. The fraction of sp³-hybridized carbons (Fsp3) is 0.333. The van der Waals surface area contributed by atoms with E-state index in [0.29, 0.717) is 0 Å². The Balaban J connectivity index is 2.47. The van der Waals surface area contributed by atoms with Gasteiger partial charge in [0.1, 0.15) is 0 Å². The summed E-state index contributed by atoms with van der Waals surface area (Å²) in [6.07, 6.45) is 0. The van der Waals surface area contributed by atoms with Crippen molar-refractivity contribution in [2.45, 2.75) is 26.8 Å². The monoisotopic (exact) mass is 401 g/mol. The van der Waals surface area contributed by atoms with Gasteiger partial charge in [0.25, 0.3) is 0 Å². The molecule has 0 radical (unpaired) electrons. The standard InChI is InChI=1S/C15H17Br2NS/c1-4-18-14(15-9(2)5-10(3)19-15)11-6-12(16)8-13(17)7-11/h5-8,14,18H,4H2,1-3H3. The molecule has 0 saturated carbocycles. The van der Waals surface area contributed by atoms with Gasteiger partial charge in [-0.05, 0) is 55.8 Å². The molecule has 102 valence electrons. The Morgan fingerprint density at radius 1 is 1.11 bits per heavy atom. The lowest BCUT2D eigenvalue weighted by Gasteiger charge is -2.19. The van der Waals surface area contributed by atoms with Crippen LogP contribution in [0.1, 0.15) is 33.8 Å². The number of hydrogen-bond acceptors (Lipinski definition) is 2. The number of hydrogen-bond donors (Lipinski definition) is 1. The summed E-state index contributed by atoms with van der Waals surface area (Å²) >= 11 is 9.02. The van der Waals surface area contributed by atoms with Crippen molar-refractivity contribution in [1.82, 2.24) is 5.32 Å². The first-order chi connectivity index (χ1) is 9.01. The van der Waals surface area contributed by atoms with Crippen LogP contribution in [0.5, 0.6) is 0 Å². The second-order valence-corrected chi connectivity index (χ2v) is 7.72. The molecule has 0 aliphatic heterocycles. The van der Waals surface area contributed by atoms with E-state index in [-0.39, 0.29) is 6.04 Å². The van der Waals surface area contributed by atoms with Gasteiger partial charge in [-0.25, -0.2) is 0 Å². The van der Waals surface area contributed by atoms with Crippen LogP contribution in [0, 0.1) is 13.8 Å². The smallest absolute Gasteiger partial charge is 0.0674 e. The van der Waals surface area contributed by atoms with E-state index >= 15 is 0 Å². The molecule has 19 heavy (non-hydrogen) atoms. The Morgan fingerprint density at radius 3 is 2.21 bits per heavy atom. The van der Waals surface area contributed by atoms with E-state index in [1.807, 2.05) is 11.3 Å². The molecule has 1 aromatic carbocycles. The van der Waals surface area contributed by atoms with Gasteiger partial charge >= 0.3 is 0 Å². The highest BCUT2D eigenvalue weighted by Gasteiger charge is 2.18. The van der Waals surface area contributed by atoms with E-state index in [0.717, 1.165) is 15.5 Å². The molecule has 4 heteroatoms. The van der Waals surface area contributed by atoms with Crippen LogP contribution in [0.25, 0.3) is 0 Å². The highest BCUT2D eigenvalue weighted by atomic mass is 79.9. The maximum Gasteiger partial charge on any atom is 0.0674 e. The van der Waals surface area contributed by atoms with Crippen LogP contribution in [-0.4, -0.2) is 6.54 Å². The Bertz CT molecular complexity index is 557. The van der Waals surface area contributed by atoms with Gasteiger partial charge in [-0.15, -0.1) is 11.3 Å². The maximum atomic E-state index is 3.59. The normalized spacial score (nSPS) is 12.7. The van der Waals surface area contributed by atoms with Crippen LogP contribution >= 0.6 is 43.2 Å². The average molecular weight is 403 g/mol. The third-order valence-electron chi connectivity index (χ3n) is 2.97. The topological polar surface area (TPSA) is 12.0 Å². The van der Waals surface area contributed by atoms with Crippen molar-refractivity contribution >= 4 is 43.2 Å². The minimum Gasteiger partial charge on any atom is -0.306 e. The van der Waals surface area contributed by atoms with Crippen molar-refractivity contribution in [3.63, 3.8) is 0 Å². The highest BCUT2D eigenvalue weighted by molar-refractivity contribution is 9.11. The van der Waals surface area contributed by atoms with Gasteiger partial charge in [0.2, 0.25) is 0 Å². The lowest BCUT2D eigenvalue weighted by molar-refractivity contribution is 0.636. The second kappa shape index (κ2) is 6.53. The predicted molar refractivity (Wildman–Crippen MR) is 91.2 cm³/mol. The van der Waals surface area contributed by atoms with Gasteiger partial charge in [-0.1, -0.05) is 38.8 Å². The zero-order valence-electron chi connectivity index (χ0n) is 11.3. The molecule has 2 aromatic rings. The summed E-state index contributed by atoms with van der Waals surface area (Å²) in [5.41, 5.74) is 2.65. The lowest BCUT2D eigenvalue weighted by atomic mass is 10.0. The molecule has 0 amide bonds. The largest absolute Gasteiger partial charge is 0.306 e. The quantitative estimate of drug-likeness (QED) is 0.702. The molecule has 0 fully saturated rings. The molecule has 0 aliphatic rings. The van der Waals surface area contributed by atoms with E-state index in [2.05, 4.69) is 82.2 Å². The summed E-state index contributed by atoms with van der Waals surface area (Å²) in [7, 11) is 0. The van der Waals surface area contributed by atoms with Crippen molar-refractivity contribution in [2.24, 2.45) is 0 Å². The van der Waals surface area contributed by atoms with E-state index < -0.39 is 0 Å². The number of halogens is 2. The van der Waals surface area contributed by atoms with E-state index in [4.69, 9.17) is 0 Å². The summed E-state index contributed by atoms with van der Waals surface area (Å²) in [6, 6.07) is 8.97. The molecule has 1 heterocycles. The summed E-state index contributed by atoms with van der Waals surface area (Å²) in [4.78, 5) is 2.77. The van der Waals surface area contributed by atoms with Gasteiger partial charge < -0.3 is 5.32 Å². The molecule has 0 saturated heterocycles. The second-order valence-electron chi connectivity index (χ2n) is 4.60. The summed E-state index contributed by atoms with van der Waals surface area (Å²) in [5, 5.41) is 3.59. The molecule has 1 unspecified atom stereocenters. The molecule has 0 spiro atoms. The molecule has 1 nitrogen and oxygen atoms in total. The van der Waals surface area contributed by atoms with Crippen LogP contribution in [0.3, 0.4) is 0 Å². The lowest BCUT2D eigenvalue weighted by Crippen LogP contribution is -2.21. The number of nitrogens with one attached hydrogen (secondary N) is 1. The molecule has 1 atom stereocenters. The number of aryl methyl sites for hydroxylation is 2. The minimum atomic E-state index is 0.262. The fourth-order valence-corrected chi connectivity index (χ4v) is 4.72. The maximum absolute atomic E-state index is 3.59. The Labute approximate surface area is 135 Å². The van der Waals surface area contributed by atoms with Gasteiger partial charge in [-0.3, -0.25) is 0 Å². The third kappa shape index (κ3) is 3.69. The Kier molecular flexibility index (Phi) is 5.23. The van der Waals surface area contributed by atoms with Crippen LogP contribution in [0.4, 0.5) is 0 Å². The van der Waals surface area contributed by atoms with Crippen LogP contribution in [0.2, 0.25) is 0 Å². The molecule has 0 aliphatic carbocycles. The first-order valence-electron chi connectivity index (χ1n) is 6.27. The first kappa shape index (κ1) is 15.2. The van der Waals surface area contributed by atoms with E-state index in [1.54, 1.807) is 0 Å².